The van der Waals surface area contributed by atoms with Crippen molar-refractivity contribution in [3.8, 4) is 17.1 Å². The van der Waals surface area contributed by atoms with Crippen LogP contribution < -0.4 is 4.74 Å². The van der Waals surface area contributed by atoms with Crippen molar-refractivity contribution < 1.29 is 9.84 Å². The third-order valence-electron chi connectivity index (χ3n) is 9.96. The van der Waals surface area contributed by atoms with E-state index in [1.807, 2.05) is 12.1 Å². The Balaban J connectivity index is 1.36. The van der Waals surface area contributed by atoms with Gasteiger partial charge in [-0.2, -0.15) is 0 Å². The van der Waals surface area contributed by atoms with Gasteiger partial charge in [-0.15, -0.1) is 0 Å². The van der Waals surface area contributed by atoms with E-state index in [9.17, 15) is 5.11 Å². The number of ether oxygens (including phenoxy) is 1. The molecule has 0 radical (unpaired) electrons. The van der Waals surface area contributed by atoms with E-state index < -0.39 is 0 Å². The molecule has 1 aromatic heterocycles. The Bertz CT molecular complexity index is 1120. The molecule has 33 heavy (non-hydrogen) atoms. The molecule has 6 rings (SSSR count). The second-order valence-electron chi connectivity index (χ2n) is 11.5. The van der Waals surface area contributed by atoms with Crippen LogP contribution in [0.3, 0.4) is 0 Å². The summed E-state index contributed by atoms with van der Waals surface area (Å²) in [5.41, 5.74) is 6.91. The fourth-order valence-electron chi connectivity index (χ4n) is 8.25. The average molecular weight is 445 g/mol. The van der Waals surface area contributed by atoms with Crippen molar-refractivity contribution in [2.75, 3.05) is 7.11 Å². The topological polar surface area (TPSA) is 55.2 Å². The van der Waals surface area contributed by atoms with Crippen molar-refractivity contribution in [2.24, 2.45) is 23.2 Å². The molecular formula is C29H36N2O2. The van der Waals surface area contributed by atoms with Crippen LogP contribution in [0.25, 0.3) is 11.4 Å². The summed E-state index contributed by atoms with van der Waals surface area (Å²) in [4.78, 5) is 10.2. The SMILES string of the molecule is COc1ccc(-c2nc(C)c3c(n2)C[C@H]2[C@@H]4CC=C5C[C@@H](O)CC[C@]5(C)[C@H]4CC[C@]32C)cc1. The van der Waals surface area contributed by atoms with Gasteiger partial charge in [0.1, 0.15) is 5.75 Å². The molecule has 4 aliphatic rings. The van der Waals surface area contributed by atoms with Crippen LogP contribution in [-0.2, 0) is 11.8 Å². The summed E-state index contributed by atoms with van der Waals surface area (Å²) < 4.78 is 5.32. The number of aryl methyl sites for hydroxylation is 1. The molecule has 1 heterocycles. The minimum atomic E-state index is -0.139. The predicted octanol–water partition coefficient (Wildman–Crippen LogP) is 5.80. The summed E-state index contributed by atoms with van der Waals surface area (Å²) in [7, 11) is 1.69. The number of allylic oxidation sites excluding steroid dienone is 1. The molecular weight excluding hydrogens is 408 g/mol. The first-order chi connectivity index (χ1) is 15.8. The van der Waals surface area contributed by atoms with Gasteiger partial charge in [0.2, 0.25) is 0 Å². The van der Waals surface area contributed by atoms with Gasteiger partial charge in [0.25, 0.3) is 0 Å². The van der Waals surface area contributed by atoms with Crippen molar-refractivity contribution >= 4 is 0 Å². The highest BCUT2D eigenvalue weighted by molar-refractivity contribution is 5.58. The van der Waals surface area contributed by atoms with Crippen molar-refractivity contribution in [2.45, 2.75) is 77.2 Å². The predicted molar refractivity (Wildman–Crippen MR) is 130 cm³/mol. The molecule has 6 atom stereocenters. The van der Waals surface area contributed by atoms with Gasteiger partial charge in [-0.05, 0) is 105 Å². The van der Waals surface area contributed by atoms with Gasteiger partial charge in [-0.25, -0.2) is 9.97 Å². The van der Waals surface area contributed by atoms with Crippen LogP contribution in [0.5, 0.6) is 5.75 Å². The molecule has 0 unspecified atom stereocenters. The highest BCUT2D eigenvalue weighted by Gasteiger charge is 2.58. The largest absolute Gasteiger partial charge is 0.497 e. The molecule has 2 aromatic rings. The van der Waals surface area contributed by atoms with E-state index in [1.54, 1.807) is 12.7 Å². The zero-order chi connectivity index (χ0) is 23.0. The number of methoxy groups -OCH3 is 1. The lowest BCUT2D eigenvalue weighted by Crippen LogP contribution is -2.51. The van der Waals surface area contributed by atoms with E-state index in [1.165, 1.54) is 24.1 Å². The highest BCUT2D eigenvalue weighted by atomic mass is 16.5. The Morgan fingerprint density at radius 2 is 1.73 bits per heavy atom. The zero-order valence-electron chi connectivity index (χ0n) is 20.4. The van der Waals surface area contributed by atoms with Gasteiger partial charge in [-0.3, -0.25) is 0 Å². The molecule has 0 amide bonds. The zero-order valence-corrected chi connectivity index (χ0v) is 20.4. The summed E-state index contributed by atoms with van der Waals surface area (Å²) in [5.74, 6) is 3.76. The molecule has 0 saturated heterocycles. The molecule has 2 saturated carbocycles. The van der Waals surface area contributed by atoms with Gasteiger partial charge >= 0.3 is 0 Å². The smallest absolute Gasteiger partial charge is 0.159 e. The van der Waals surface area contributed by atoms with E-state index in [2.05, 4.69) is 39.0 Å². The fourth-order valence-corrected chi connectivity index (χ4v) is 8.25. The number of aliphatic hydroxyl groups is 1. The number of rotatable bonds is 2. The lowest BCUT2D eigenvalue weighted by molar-refractivity contribution is -0.0164. The minimum Gasteiger partial charge on any atom is -0.497 e. The van der Waals surface area contributed by atoms with Gasteiger partial charge in [0.15, 0.2) is 5.82 Å². The standard InChI is InChI=1S/C29H36N2O2/c1-17-26-25(31-27(30-17)18-5-8-21(33-4)9-6-18)16-24-22-10-7-19-15-20(32)11-13-28(19,2)23(22)12-14-29(24,26)3/h5-9,20,22-24,32H,10-16H2,1-4H3/t20-,22+,23-,24-,28-,29-/m0/s1. The minimum absolute atomic E-state index is 0.139. The van der Waals surface area contributed by atoms with E-state index in [0.29, 0.717) is 11.8 Å². The maximum absolute atomic E-state index is 10.3. The Kier molecular flexibility index (Phi) is 4.78. The maximum Gasteiger partial charge on any atom is 0.159 e. The van der Waals surface area contributed by atoms with E-state index in [4.69, 9.17) is 14.7 Å². The molecule has 4 aliphatic carbocycles. The third kappa shape index (κ3) is 3.06. The second kappa shape index (κ2) is 7.40. The van der Waals surface area contributed by atoms with Crippen LogP contribution in [0.1, 0.15) is 69.3 Å². The molecule has 174 valence electrons. The summed E-state index contributed by atoms with van der Waals surface area (Å²) in [6.45, 7) is 7.18. The fraction of sp³-hybridized carbons (Fsp3) is 0.586. The summed E-state index contributed by atoms with van der Waals surface area (Å²) in [6.07, 6.45) is 10.1. The average Bonchev–Trinajstić information content (AvgIpc) is 3.12. The van der Waals surface area contributed by atoms with Gasteiger partial charge in [-0.1, -0.05) is 25.5 Å². The number of hydrogen-bond acceptors (Lipinski definition) is 4. The molecule has 0 aliphatic heterocycles. The highest BCUT2D eigenvalue weighted by Crippen LogP contribution is 2.64. The van der Waals surface area contributed by atoms with Crippen molar-refractivity contribution in [3.05, 3.63) is 52.9 Å². The van der Waals surface area contributed by atoms with E-state index in [-0.39, 0.29) is 16.9 Å². The summed E-state index contributed by atoms with van der Waals surface area (Å²) >= 11 is 0. The van der Waals surface area contributed by atoms with E-state index >= 15 is 0 Å². The normalized spacial score (nSPS) is 36.8. The van der Waals surface area contributed by atoms with Gasteiger partial charge < -0.3 is 9.84 Å². The molecule has 1 aromatic carbocycles. The van der Waals surface area contributed by atoms with Crippen molar-refractivity contribution in [3.63, 3.8) is 0 Å². The first-order valence-corrected chi connectivity index (χ1v) is 12.7. The Hall–Kier alpha value is -2.20. The number of hydrogen-bond donors (Lipinski definition) is 1. The molecule has 1 N–H and O–H groups in total. The summed E-state index contributed by atoms with van der Waals surface area (Å²) in [6, 6.07) is 8.10. The van der Waals surface area contributed by atoms with Gasteiger partial charge in [0.05, 0.1) is 13.2 Å². The number of aliphatic hydroxyl groups excluding tert-OH is 1. The number of nitrogens with zero attached hydrogens (tertiary/aromatic N) is 2. The van der Waals surface area contributed by atoms with Crippen molar-refractivity contribution in [1.82, 2.24) is 9.97 Å². The Morgan fingerprint density at radius 3 is 2.48 bits per heavy atom. The quantitative estimate of drug-likeness (QED) is 0.595. The van der Waals surface area contributed by atoms with Crippen molar-refractivity contribution in [1.29, 1.82) is 0 Å². The lowest BCUT2D eigenvalue weighted by atomic mass is 9.47. The molecule has 4 nitrogen and oxygen atoms in total. The molecule has 0 spiro atoms. The molecule has 0 bridgehead atoms. The lowest BCUT2D eigenvalue weighted by Gasteiger charge is -2.57. The second-order valence-corrected chi connectivity index (χ2v) is 11.5. The Labute approximate surface area is 197 Å². The number of benzene rings is 1. The van der Waals surface area contributed by atoms with Crippen LogP contribution in [0.2, 0.25) is 0 Å². The third-order valence-corrected chi connectivity index (χ3v) is 9.96. The van der Waals surface area contributed by atoms with Crippen LogP contribution in [0, 0.1) is 30.1 Å². The van der Waals surface area contributed by atoms with Gasteiger partial charge in [0, 0.05) is 22.5 Å². The first kappa shape index (κ1) is 21.3. The van der Waals surface area contributed by atoms with Crippen LogP contribution in [-0.4, -0.2) is 28.3 Å². The number of fused-ring (bicyclic) bond motifs is 7. The summed E-state index contributed by atoms with van der Waals surface area (Å²) in [5, 5.41) is 10.3. The first-order valence-electron chi connectivity index (χ1n) is 12.7. The molecule has 2 fully saturated rings. The number of aromatic nitrogens is 2. The van der Waals surface area contributed by atoms with Crippen LogP contribution in [0.4, 0.5) is 0 Å². The Morgan fingerprint density at radius 1 is 0.970 bits per heavy atom. The van der Waals surface area contributed by atoms with Crippen LogP contribution in [0.15, 0.2) is 35.9 Å². The van der Waals surface area contributed by atoms with E-state index in [0.717, 1.165) is 60.9 Å². The maximum atomic E-state index is 10.3. The van der Waals surface area contributed by atoms with Crippen LogP contribution >= 0.6 is 0 Å². The molecule has 4 heteroatoms. The monoisotopic (exact) mass is 444 g/mol.